The summed E-state index contributed by atoms with van der Waals surface area (Å²) in [4.78, 5) is 19.0. The molecule has 124 valence electrons. The minimum absolute atomic E-state index is 0.0117. The quantitative estimate of drug-likeness (QED) is 0.723. The number of rotatable bonds is 6. The van der Waals surface area contributed by atoms with Crippen LogP contribution in [0.25, 0.3) is 10.6 Å². The third-order valence-electron chi connectivity index (χ3n) is 3.55. The number of amides is 1. The summed E-state index contributed by atoms with van der Waals surface area (Å²) >= 11 is 3.22. The molecule has 3 aromatic rings. The smallest absolute Gasteiger partial charge is 0.225 e. The molecule has 0 saturated heterocycles. The van der Waals surface area contributed by atoms with Gasteiger partial charge >= 0.3 is 0 Å². The Hall–Kier alpha value is -2.18. The zero-order valence-corrected chi connectivity index (χ0v) is 15.2. The number of thiophene rings is 1. The predicted molar refractivity (Wildman–Crippen MR) is 98.7 cm³/mol. The Morgan fingerprint density at radius 3 is 2.83 bits per heavy atom. The van der Waals surface area contributed by atoms with Gasteiger partial charge in [0.05, 0.1) is 29.1 Å². The standard InChI is InChI=1S/C18H18N2O2S2/c1-12-20-18(15-8-5-9-23-15)16(24-12)10-17(21)19-11-13-6-3-4-7-14(13)22-2/h3-9H,10-11H2,1-2H3,(H,19,21). The average molecular weight is 358 g/mol. The van der Waals surface area contributed by atoms with Crippen LogP contribution in [0.15, 0.2) is 41.8 Å². The van der Waals surface area contributed by atoms with E-state index < -0.39 is 0 Å². The number of methoxy groups -OCH3 is 1. The van der Waals surface area contributed by atoms with Crippen molar-refractivity contribution in [2.24, 2.45) is 0 Å². The van der Waals surface area contributed by atoms with E-state index in [1.165, 1.54) is 0 Å². The average Bonchev–Trinajstić information content (AvgIpc) is 3.22. The number of hydrogen-bond acceptors (Lipinski definition) is 5. The molecule has 0 saturated carbocycles. The van der Waals surface area contributed by atoms with E-state index >= 15 is 0 Å². The summed E-state index contributed by atoms with van der Waals surface area (Å²) in [5, 5.41) is 5.97. The summed E-state index contributed by atoms with van der Waals surface area (Å²) in [6, 6.07) is 11.7. The highest BCUT2D eigenvalue weighted by molar-refractivity contribution is 7.15. The van der Waals surface area contributed by atoms with Gasteiger partial charge < -0.3 is 10.1 Å². The molecular weight excluding hydrogens is 340 g/mol. The van der Waals surface area contributed by atoms with Crippen LogP contribution in [-0.2, 0) is 17.8 Å². The first kappa shape index (κ1) is 16.7. The van der Waals surface area contributed by atoms with Crippen LogP contribution in [0.4, 0.5) is 0 Å². The number of aryl methyl sites for hydroxylation is 1. The van der Waals surface area contributed by atoms with Gasteiger partial charge in [0.2, 0.25) is 5.91 Å². The molecule has 4 nitrogen and oxygen atoms in total. The first-order chi connectivity index (χ1) is 11.7. The lowest BCUT2D eigenvalue weighted by atomic mass is 10.2. The van der Waals surface area contributed by atoms with E-state index in [1.54, 1.807) is 29.8 Å². The first-order valence-electron chi connectivity index (χ1n) is 7.56. The summed E-state index contributed by atoms with van der Waals surface area (Å²) in [5.74, 6) is 0.771. The second-order valence-corrected chi connectivity index (χ2v) is 7.48. The van der Waals surface area contributed by atoms with Crippen molar-refractivity contribution in [3.63, 3.8) is 0 Å². The topological polar surface area (TPSA) is 51.2 Å². The van der Waals surface area contributed by atoms with Crippen molar-refractivity contribution < 1.29 is 9.53 Å². The van der Waals surface area contributed by atoms with Gasteiger partial charge in [-0.1, -0.05) is 24.3 Å². The summed E-state index contributed by atoms with van der Waals surface area (Å²) in [7, 11) is 1.63. The van der Waals surface area contributed by atoms with Crippen molar-refractivity contribution in [1.29, 1.82) is 0 Å². The molecule has 24 heavy (non-hydrogen) atoms. The molecule has 0 aliphatic carbocycles. The molecule has 0 aliphatic heterocycles. The van der Waals surface area contributed by atoms with Gasteiger partial charge in [-0.15, -0.1) is 22.7 Å². The molecule has 3 rings (SSSR count). The van der Waals surface area contributed by atoms with Gasteiger partial charge in [0.15, 0.2) is 0 Å². The van der Waals surface area contributed by atoms with Gasteiger partial charge in [-0.3, -0.25) is 4.79 Å². The Balaban J connectivity index is 1.68. The fourth-order valence-electron chi connectivity index (χ4n) is 2.45. The maximum absolute atomic E-state index is 12.3. The van der Waals surface area contributed by atoms with E-state index in [-0.39, 0.29) is 5.91 Å². The normalized spacial score (nSPS) is 10.6. The van der Waals surface area contributed by atoms with Crippen LogP contribution in [0.3, 0.4) is 0 Å². The summed E-state index contributed by atoms with van der Waals surface area (Å²) in [6.45, 7) is 2.42. The number of carbonyl (C=O) groups is 1. The Bertz CT molecular complexity index is 825. The van der Waals surface area contributed by atoms with Crippen molar-refractivity contribution >= 4 is 28.6 Å². The molecule has 6 heteroatoms. The molecule has 0 spiro atoms. The van der Waals surface area contributed by atoms with Crippen LogP contribution >= 0.6 is 22.7 Å². The maximum Gasteiger partial charge on any atom is 0.225 e. The molecule has 1 aromatic carbocycles. The van der Waals surface area contributed by atoms with E-state index in [1.807, 2.05) is 48.7 Å². The Morgan fingerprint density at radius 1 is 1.25 bits per heavy atom. The molecule has 2 aromatic heterocycles. The molecule has 0 unspecified atom stereocenters. The second kappa shape index (κ2) is 7.59. The summed E-state index contributed by atoms with van der Waals surface area (Å²) in [5.41, 5.74) is 1.90. The fraction of sp³-hybridized carbons (Fsp3) is 0.222. The molecule has 0 atom stereocenters. The first-order valence-corrected chi connectivity index (χ1v) is 9.25. The SMILES string of the molecule is COc1ccccc1CNC(=O)Cc1sc(C)nc1-c1cccs1. The minimum atomic E-state index is -0.0117. The number of para-hydroxylation sites is 1. The van der Waals surface area contributed by atoms with Crippen LogP contribution in [0.1, 0.15) is 15.4 Å². The highest BCUT2D eigenvalue weighted by Gasteiger charge is 2.15. The summed E-state index contributed by atoms with van der Waals surface area (Å²) in [6.07, 6.45) is 0.341. The molecule has 0 fully saturated rings. The number of benzene rings is 1. The van der Waals surface area contributed by atoms with Crippen LogP contribution in [0, 0.1) is 6.92 Å². The maximum atomic E-state index is 12.3. The minimum Gasteiger partial charge on any atom is -0.496 e. The Morgan fingerprint density at radius 2 is 2.08 bits per heavy atom. The van der Waals surface area contributed by atoms with Crippen molar-refractivity contribution in [3.05, 3.63) is 57.2 Å². The van der Waals surface area contributed by atoms with E-state index in [9.17, 15) is 4.79 Å². The highest BCUT2D eigenvalue weighted by Crippen LogP contribution is 2.31. The van der Waals surface area contributed by atoms with Crippen molar-refractivity contribution in [2.45, 2.75) is 19.9 Å². The number of aromatic nitrogens is 1. The van der Waals surface area contributed by atoms with Gasteiger partial charge in [0.1, 0.15) is 5.75 Å². The number of ether oxygens (including phenoxy) is 1. The van der Waals surface area contributed by atoms with E-state index in [0.29, 0.717) is 13.0 Å². The largest absolute Gasteiger partial charge is 0.496 e. The number of carbonyl (C=O) groups excluding carboxylic acids is 1. The number of thiazole rings is 1. The van der Waals surface area contributed by atoms with Crippen molar-refractivity contribution in [3.8, 4) is 16.3 Å². The number of nitrogens with zero attached hydrogens (tertiary/aromatic N) is 1. The van der Waals surface area contributed by atoms with Gasteiger partial charge in [-0.25, -0.2) is 4.98 Å². The van der Waals surface area contributed by atoms with Crippen LogP contribution in [0.5, 0.6) is 5.75 Å². The highest BCUT2D eigenvalue weighted by atomic mass is 32.1. The molecular formula is C18H18N2O2S2. The third kappa shape index (κ3) is 3.83. The molecule has 0 aliphatic rings. The van der Waals surface area contributed by atoms with Gasteiger partial charge in [-0.2, -0.15) is 0 Å². The van der Waals surface area contributed by atoms with E-state index in [4.69, 9.17) is 4.74 Å². The van der Waals surface area contributed by atoms with E-state index in [2.05, 4.69) is 10.3 Å². The third-order valence-corrected chi connectivity index (χ3v) is 5.40. The molecule has 0 bridgehead atoms. The zero-order valence-electron chi connectivity index (χ0n) is 13.5. The molecule has 1 amide bonds. The van der Waals surface area contributed by atoms with Gasteiger partial charge in [0, 0.05) is 17.0 Å². The number of hydrogen-bond donors (Lipinski definition) is 1. The van der Waals surface area contributed by atoms with Crippen molar-refractivity contribution in [2.75, 3.05) is 7.11 Å². The van der Waals surface area contributed by atoms with Gasteiger partial charge in [-0.05, 0) is 24.4 Å². The fourth-order valence-corrected chi connectivity index (χ4v) is 4.20. The lowest BCUT2D eigenvalue weighted by Crippen LogP contribution is -2.24. The number of nitrogens with one attached hydrogen (secondary N) is 1. The van der Waals surface area contributed by atoms with Crippen LogP contribution in [0.2, 0.25) is 0 Å². The molecule has 2 heterocycles. The lowest BCUT2D eigenvalue weighted by molar-refractivity contribution is -0.120. The monoisotopic (exact) mass is 358 g/mol. The van der Waals surface area contributed by atoms with Crippen LogP contribution in [-0.4, -0.2) is 18.0 Å². The lowest BCUT2D eigenvalue weighted by Gasteiger charge is -2.09. The van der Waals surface area contributed by atoms with Gasteiger partial charge in [0.25, 0.3) is 0 Å². The zero-order chi connectivity index (χ0) is 16.9. The second-order valence-electron chi connectivity index (χ2n) is 5.25. The molecule has 1 N–H and O–H groups in total. The molecule has 0 radical (unpaired) electrons. The predicted octanol–water partition coefficient (Wildman–Crippen LogP) is 4.05. The van der Waals surface area contributed by atoms with Crippen LogP contribution < -0.4 is 10.1 Å². The van der Waals surface area contributed by atoms with Crippen molar-refractivity contribution in [1.82, 2.24) is 10.3 Å². The Labute approximate surface area is 149 Å². The Kier molecular flexibility index (Phi) is 5.27. The van der Waals surface area contributed by atoms with E-state index in [0.717, 1.165) is 31.8 Å². The summed E-state index contributed by atoms with van der Waals surface area (Å²) < 4.78 is 5.31.